The topological polar surface area (TPSA) is 92.6 Å². The van der Waals surface area contributed by atoms with E-state index in [4.69, 9.17) is 9.84 Å². The van der Waals surface area contributed by atoms with Crippen LogP contribution in [0.25, 0.3) is 0 Å². The average molecular weight is 293 g/mol. The highest BCUT2D eigenvalue weighted by molar-refractivity contribution is 5.94. The summed E-state index contributed by atoms with van der Waals surface area (Å²) in [7, 11) is 0. The van der Waals surface area contributed by atoms with Crippen molar-refractivity contribution in [1.82, 2.24) is 15.1 Å². The van der Waals surface area contributed by atoms with Crippen molar-refractivity contribution in [3.63, 3.8) is 0 Å². The lowest BCUT2D eigenvalue weighted by Crippen LogP contribution is -2.38. The first kappa shape index (κ1) is 15.4. The number of hydrogen-bond donors (Lipinski definition) is 1. The van der Waals surface area contributed by atoms with E-state index in [2.05, 4.69) is 10.2 Å². The Labute approximate surface area is 122 Å². The summed E-state index contributed by atoms with van der Waals surface area (Å²) in [5.74, 6) is -1.16. The highest BCUT2D eigenvalue weighted by Gasteiger charge is 2.24. The fourth-order valence-electron chi connectivity index (χ4n) is 2.31. The number of carboxylic acids is 1. The molecule has 1 aliphatic rings. The molecule has 1 unspecified atom stereocenters. The molecule has 1 amide bonds. The number of aliphatic carboxylic acids is 1. The third kappa shape index (κ3) is 4.49. The monoisotopic (exact) mass is 293 g/mol. The van der Waals surface area contributed by atoms with Gasteiger partial charge in [-0.05, 0) is 25.8 Å². The van der Waals surface area contributed by atoms with Crippen molar-refractivity contribution in [3.05, 3.63) is 23.5 Å². The Kier molecular flexibility index (Phi) is 5.21. The third-order valence-corrected chi connectivity index (χ3v) is 3.35. The second kappa shape index (κ2) is 7.12. The summed E-state index contributed by atoms with van der Waals surface area (Å²) < 4.78 is 5.53. The van der Waals surface area contributed by atoms with Crippen molar-refractivity contribution in [1.29, 1.82) is 0 Å². The van der Waals surface area contributed by atoms with Gasteiger partial charge in [-0.15, -0.1) is 0 Å². The van der Waals surface area contributed by atoms with Crippen LogP contribution in [0.4, 0.5) is 0 Å². The van der Waals surface area contributed by atoms with Gasteiger partial charge < -0.3 is 14.7 Å². The average Bonchev–Trinajstić information content (AvgIpc) is 2.95. The lowest BCUT2D eigenvalue weighted by Gasteiger charge is -2.25. The molecule has 0 aromatic carbocycles. The van der Waals surface area contributed by atoms with Crippen LogP contribution in [0, 0.1) is 6.92 Å². The van der Waals surface area contributed by atoms with Crippen molar-refractivity contribution in [2.24, 2.45) is 0 Å². The summed E-state index contributed by atoms with van der Waals surface area (Å²) >= 11 is 0. The molecule has 1 fully saturated rings. The molecular formula is C14H19N3O4. The molecule has 0 bridgehead atoms. The van der Waals surface area contributed by atoms with Crippen LogP contribution in [0.15, 0.2) is 12.3 Å². The summed E-state index contributed by atoms with van der Waals surface area (Å²) in [6.07, 6.45) is 3.17. The van der Waals surface area contributed by atoms with Crippen LogP contribution in [0.5, 0.6) is 0 Å². The number of aromatic nitrogens is 2. The van der Waals surface area contributed by atoms with E-state index in [1.807, 2.05) is 0 Å². The summed E-state index contributed by atoms with van der Waals surface area (Å²) in [5.41, 5.74) is 1.07. The lowest BCUT2D eigenvalue weighted by molar-refractivity contribution is -0.137. The van der Waals surface area contributed by atoms with Gasteiger partial charge >= 0.3 is 5.97 Å². The Morgan fingerprint density at radius 1 is 1.52 bits per heavy atom. The van der Waals surface area contributed by atoms with Gasteiger partial charge in [0, 0.05) is 19.7 Å². The quantitative estimate of drug-likeness (QED) is 0.837. The van der Waals surface area contributed by atoms with Crippen LogP contribution < -0.4 is 0 Å². The number of nitrogens with zero attached hydrogens (tertiary/aromatic N) is 3. The molecule has 2 heterocycles. The van der Waals surface area contributed by atoms with Gasteiger partial charge in [-0.25, -0.2) is 0 Å². The fourth-order valence-corrected chi connectivity index (χ4v) is 2.31. The minimum atomic E-state index is -0.927. The number of aryl methyl sites for hydroxylation is 1. The van der Waals surface area contributed by atoms with E-state index >= 15 is 0 Å². The number of carbonyl (C=O) groups excluding carboxylic acids is 1. The van der Waals surface area contributed by atoms with Crippen LogP contribution in [-0.4, -0.2) is 57.9 Å². The Hall–Kier alpha value is -2.02. The van der Waals surface area contributed by atoms with Crippen molar-refractivity contribution in [3.8, 4) is 0 Å². The van der Waals surface area contributed by atoms with Crippen LogP contribution in [0.3, 0.4) is 0 Å². The number of ether oxygens (including phenoxy) is 1. The largest absolute Gasteiger partial charge is 0.481 e. The molecule has 1 aliphatic heterocycles. The molecule has 1 N–H and O–H groups in total. The highest BCUT2D eigenvalue weighted by Crippen LogP contribution is 2.15. The van der Waals surface area contributed by atoms with E-state index in [0.29, 0.717) is 24.4 Å². The summed E-state index contributed by atoms with van der Waals surface area (Å²) in [6.45, 7) is 3.02. The van der Waals surface area contributed by atoms with Crippen molar-refractivity contribution >= 4 is 11.9 Å². The summed E-state index contributed by atoms with van der Waals surface area (Å²) in [5, 5.41) is 16.4. The maximum absolute atomic E-state index is 12.5. The van der Waals surface area contributed by atoms with Crippen LogP contribution in [0.1, 0.15) is 35.3 Å². The number of carboxylic acid groups (broad SMARTS) is 1. The zero-order valence-electron chi connectivity index (χ0n) is 12.0. The van der Waals surface area contributed by atoms with Crippen LogP contribution in [-0.2, 0) is 9.53 Å². The number of amides is 1. The Bertz CT molecular complexity index is 515. The third-order valence-electron chi connectivity index (χ3n) is 3.35. The van der Waals surface area contributed by atoms with Gasteiger partial charge in [0.15, 0.2) is 0 Å². The van der Waals surface area contributed by atoms with E-state index in [0.717, 1.165) is 12.8 Å². The van der Waals surface area contributed by atoms with Gasteiger partial charge in [0.1, 0.15) is 0 Å². The first-order valence-corrected chi connectivity index (χ1v) is 6.98. The van der Waals surface area contributed by atoms with Gasteiger partial charge in [0.2, 0.25) is 0 Å². The molecule has 21 heavy (non-hydrogen) atoms. The molecule has 0 saturated carbocycles. The Morgan fingerprint density at radius 3 is 2.95 bits per heavy atom. The molecule has 0 spiro atoms. The van der Waals surface area contributed by atoms with Gasteiger partial charge in [0.25, 0.3) is 5.91 Å². The molecule has 1 atom stereocenters. The molecule has 7 nitrogen and oxygen atoms in total. The standard InChI is InChI=1S/C14H19N3O4/c1-10-7-11(8-15-16-10)14(20)17(5-4-13(18)19)9-12-3-2-6-21-12/h7-8,12H,2-6,9H2,1H3,(H,18,19). The number of hydrogen-bond acceptors (Lipinski definition) is 5. The zero-order chi connectivity index (χ0) is 15.2. The van der Waals surface area contributed by atoms with E-state index < -0.39 is 5.97 Å². The lowest BCUT2D eigenvalue weighted by atomic mass is 10.2. The van der Waals surface area contributed by atoms with Crippen LogP contribution >= 0.6 is 0 Å². The predicted octanol–water partition coefficient (Wildman–Crippen LogP) is 0.881. The van der Waals surface area contributed by atoms with Crippen molar-refractivity contribution in [2.75, 3.05) is 19.7 Å². The zero-order valence-corrected chi connectivity index (χ0v) is 12.0. The summed E-state index contributed by atoms with van der Waals surface area (Å²) in [4.78, 5) is 24.8. The van der Waals surface area contributed by atoms with Crippen molar-refractivity contribution < 1.29 is 19.4 Å². The van der Waals surface area contributed by atoms with Crippen molar-refractivity contribution in [2.45, 2.75) is 32.3 Å². The second-order valence-electron chi connectivity index (χ2n) is 5.12. The van der Waals surface area contributed by atoms with Gasteiger partial charge in [0.05, 0.1) is 30.0 Å². The van der Waals surface area contributed by atoms with Crippen LogP contribution in [0.2, 0.25) is 0 Å². The Morgan fingerprint density at radius 2 is 2.33 bits per heavy atom. The molecule has 1 saturated heterocycles. The maximum Gasteiger partial charge on any atom is 0.305 e. The van der Waals surface area contributed by atoms with E-state index in [-0.39, 0.29) is 25.0 Å². The molecule has 0 radical (unpaired) electrons. The maximum atomic E-state index is 12.5. The molecule has 1 aromatic heterocycles. The van der Waals surface area contributed by atoms with E-state index in [1.54, 1.807) is 13.0 Å². The van der Waals surface area contributed by atoms with Gasteiger partial charge in [-0.1, -0.05) is 0 Å². The minimum absolute atomic E-state index is 0.0151. The SMILES string of the molecule is Cc1cc(C(=O)N(CCC(=O)O)CC2CCCO2)cnn1. The molecule has 1 aromatic rings. The van der Waals surface area contributed by atoms with E-state index in [9.17, 15) is 9.59 Å². The first-order chi connectivity index (χ1) is 10.1. The molecular weight excluding hydrogens is 274 g/mol. The molecule has 0 aliphatic carbocycles. The second-order valence-corrected chi connectivity index (χ2v) is 5.12. The molecule has 2 rings (SSSR count). The predicted molar refractivity (Wildman–Crippen MR) is 73.9 cm³/mol. The first-order valence-electron chi connectivity index (χ1n) is 6.98. The normalized spacial score (nSPS) is 17.7. The molecule has 7 heteroatoms. The fraction of sp³-hybridized carbons (Fsp3) is 0.571. The minimum Gasteiger partial charge on any atom is -0.481 e. The van der Waals surface area contributed by atoms with E-state index in [1.165, 1.54) is 11.1 Å². The molecule has 114 valence electrons. The van der Waals surface area contributed by atoms with Gasteiger partial charge in [-0.3, -0.25) is 9.59 Å². The smallest absolute Gasteiger partial charge is 0.305 e. The number of rotatable bonds is 6. The summed E-state index contributed by atoms with van der Waals surface area (Å²) in [6, 6.07) is 1.65. The van der Waals surface area contributed by atoms with Gasteiger partial charge in [-0.2, -0.15) is 10.2 Å². The Balaban J connectivity index is 2.08. The highest BCUT2D eigenvalue weighted by atomic mass is 16.5. The number of carbonyl (C=O) groups is 2.